The van der Waals surface area contributed by atoms with Crippen molar-refractivity contribution >= 4 is 21.6 Å². The van der Waals surface area contributed by atoms with Crippen molar-refractivity contribution in [2.75, 3.05) is 19.0 Å². The van der Waals surface area contributed by atoms with Crippen molar-refractivity contribution in [1.82, 2.24) is 4.98 Å². The van der Waals surface area contributed by atoms with E-state index in [0.29, 0.717) is 16.0 Å². The summed E-state index contributed by atoms with van der Waals surface area (Å²) in [4.78, 5) is 5.65. The van der Waals surface area contributed by atoms with Crippen LogP contribution in [0.15, 0.2) is 10.7 Å². The number of hydrogen-bond donors (Lipinski definition) is 0. The number of rotatable bonds is 1. The molecular formula is C8H10BrFN2. The predicted molar refractivity (Wildman–Crippen MR) is 51.0 cm³/mol. The van der Waals surface area contributed by atoms with Crippen molar-refractivity contribution in [3.05, 3.63) is 22.2 Å². The number of halogens is 2. The van der Waals surface area contributed by atoms with Gasteiger partial charge in [-0.3, -0.25) is 0 Å². The van der Waals surface area contributed by atoms with Crippen molar-refractivity contribution in [2.24, 2.45) is 0 Å². The zero-order valence-electron chi connectivity index (χ0n) is 7.23. The fraction of sp³-hybridized carbons (Fsp3) is 0.375. The highest BCUT2D eigenvalue weighted by Gasteiger charge is 2.09. The van der Waals surface area contributed by atoms with E-state index in [4.69, 9.17) is 0 Å². The first kappa shape index (κ1) is 9.45. The van der Waals surface area contributed by atoms with E-state index in [0.717, 1.165) is 0 Å². The highest BCUT2D eigenvalue weighted by Crippen LogP contribution is 2.22. The predicted octanol–water partition coefficient (Wildman–Crippen LogP) is 2.36. The lowest BCUT2D eigenvalue weighted by molar-refractivity contribution is 0.607. The Labute approximate surface area is 79.5 Å². The fourth-order valence-corrected chi connectivity index (χ4v) is 1.41. The van der Waals surface area contributed by atoms with Gasteiger partial charge < -0.3 is 4.90 Å². The molecule has 0 N–H and O–H groups in total. The van der Waals surface area contributed by atoms with E-state index in [-0.39, 0.29) is 5.82 Å². The third-order valence-corrected chi connectivity index (χ3v) is 1.96. The molecule has 0 radical (unpaired) electrons. The first-order valence-corrected chi connectivity index (χ1v) is 4.31. The number of anilines is 1. The molecule has 12 heavy (non-hydrogen) atoms. The second-order valence-electron chi connectivity index (χ2n) is 2.76. The number of nitrogens with zero attached hydrogens (tertiary/aromatic N) is 2. The van der Waals surface area contributed by atoms with Crippen molar-refractivity contribution in [1.29, 1.82) is 0 Å². The summed E-state index contributed by atoms with van der Waals surface area (Å²) in [6, 6.07) is 1.66. The molecule has 0 aliphatic rings. The van der Waals surface area contributed by atoms with Crippen LogP contribution in [0.4, 0.5) is 10.1 Å². The van der Waals surface area contributed by atoms with E-state index in [1.807, 2.05) is 0 Å². The van der Waals surface area contributed by atoms with Gasteiger partial charge in [0.2, 0.25) is 0 Å². The van der Waals surface area contributed by atoms with Crippen molar-refractivity contribution in [2.45, 2.75) is 6.92 Å². The van der Waals surface area contributed by atoms with Crippen LogP contribution in [0.5, 0.6) is 0 Å². The zero-order valence-corrected chi connectivity index (χ0v) is 8.81. The topological polar surface area (TPSA) is 16.1 Å². The Morgan fingerprint density at radius 3 is 2.58 bits per heavy atom. The normalized spacial score (nSPS) is 10.1. The van der Waals surface area contributed by atoms with Gasteiger partial charge in [0.15, 0.2) is 5.82 Å². The quantitative estimate of drug-likeness (QED) is 0.692. The Kier molecular flexibility index (Phi) is 2.67. The van der Waals surface area contributed by atoms with Crippen LogP contribution in [0.25, 0.3) is 0 Å². The summed E-state index contributed by atoms with van der Waals surface area (Å²) in [6.45, 7) is 1.65. The lowest BCUT2D eigenvalue weighted by atomic mass is 10.3. The first-order chi connectivity index (χ1) is 5.52. The molecule has 0 bridgehead atoms. The maximum atomic E-state index is 13.3. The lowest BCUT2D eigenvalue weighted by Crippen LogP contribution is -2.12. The van der Waals surface area contributed by atoms with Gasteiger partial charge in [-0.15, -0.1) is 0 Å². The van der Waals surface area contributed by atoms with Crippen LogP contribution < -0.4 is 4.90 Å². The number of aromatic nitrogens is 1. The Morgan fingerprint density at radius 2 is 2.08 bits per heavy atom. The van der Waals surface area contributed by atoms with E-state index in [2.05, 4.69) is 20.9 Å². The van der Waals surface area contributed by atoms with Gasteiger partial charge in [0.25, 0.3) is 0 Å². The van der Waals surface area contributed by atoms with Crippen LogP contribution in [0.3, 0.4) is 0 Å². The molecule has 0 spiro atoms. The average Bonchev–Trinajstić information content (AvgIpc) is 1.96. The number of pyridine rings is 1. The molecule has 0 fully saturated rings. The summed E-state index contributed by atoms with van der Waals surface area (Å²) in [5.41, 5.74) is 0.961. The highest BCUT2D eigenvalue weighted by atomic mass is 79.9. The summed E-state index contributed by atoms with van der Waals surface area (Å²) in [5.74, 6) is -0.261. The molecule has 1 heterocycles. The molecule has 4 heteroatoms. The fourth-order valence-electron chi connectivity index (χ4n) is 0.929. The standard InChI is InChI=1S/C8H10BrFN2/c1-5-8(10)6(12(2)3)4-7(9)11-5/h4H,1-3H3. The second-order valence-corrected chi connectivity index (χ2v) is 3.57. The molecule has 1 aromatic heterocycles. The van der Waals surface area contributed by atoms with Crippen LogP contribution in [-0.4, -0.2) is 19.1 Å². The van der Waals surface area contributed by atoms with Gasteiger partial charge >= 0.3 is 0 Å². The van der Waals surface area contributed by atoms with Gasteiger partial charge in [-0.05, 0) is 28.9 Å². The maximum Gasteiger partial charge on any atom is 0.167 e. The van der Waals surface area contributed by atoms with E-state index in [1.54, 1.807) is 32.0 Å². The van der Waals surface area contributed by atoms with E-state index in [9.17, 15) is 4.39 Å². The SMILES string of the molecule is Cc1nc(Br)cc(N(C)C)c1F. The lowest BCUT2D eigenvalue weighted by Gasteiger charge is -2.14. The number of hydrogen-bond acceptors (Lipinski definition) is 2. The maximum absolute atomic E-state index is 13.3. The summed E-state index contributed by atoms with van der Waals surface area (Å²) in [7, 11) is 3.59. The molecule has 66 valence electrons. The smallest absolute Gasteiger partial charge is 0.167 e. The van der Waals surface area contributed by atoms with Crippen molar-refractivity contribution in [3.63, 3.8) is 0 Å². The summed E-state index contributed by atoms with van der Waals surface area (Å²) >= 11 is 3.21. The minimum absolute atomic E-state index is 0.261. The Bertz CT molecular complexity index is 299. The Balaban J connectivity index is 3.28. The van der Waals surface area contributed by atoms with Crippen LogP contribution >= 0.6 is 15.9 Å². The van der Waals surface area contributed by atoms with Gasteiger partial charge in [0.1, 0.15) is 4.60 Å². The third kappa shape index (κ3) is 1.75. The van der Waals surface area contributed by atoms with E-state index < -0.39 is 0 Å². The van der Waals surface area contributed by atoms with Crippen LogP contribution in [0, 0.1) is 12.7 Å². The van der Waals surface area contributed by atoms with Gasteiger partial charge in [-0.2, -0.15) is 0 Å². The first-order valence-electron chi connectivity index (χ1n) is 3.52. The van der Waals surface area contributed by atoms with E-state index >= 15 is 0 Å². The molecule has 0 aliphatic heterocycles. The van der Waals surface area contributed by atoms with Crippen molar-refractivity contribution < 1.29 is 4.39 Å². The van der Waals surface area contributed by atoms with Gasteiger partial charge in [-0.25, -0.2) is 9.37 Å². The minimum Gasteiger partial charge on any atom is -0.375 e. The highest BCUT2D eigenvalue weighted by molar-refractivity contribution is 9.10. The molecular weight excluding hydrogens is 223 g/mol. The molecule has 0 aliphatic carbocycles. The minimum atomic E-state index is -0.261. The average molecular weight is 233 g/mol. The van der Waals surface area contributed by atoms with E-state index in [1.165, 1.54) is 0 Å². The van der Waals surface area contributed by atoms with Gasteiger partial charge in [-0.1, -0.05) is 0 Å². The molecule has 0 saturated carbocycles. The number of aryl methyl sites for hydroxylation is 1. The zero-order chi connectivity index (χ0) is 9.30. The molecule has 0 saturated heterocycles. The molecule has 1 rings (SSSR count). The largest absolute Gasteiger partial charge is 0.375 e. The third-order valence-electron chi connectivity index (χ3n) is 1.55. The molecule has 2 nitrogen and oxygen atoms in total. The Morgan fingerprint density at radius 1 is 1.50 bits per heavy atom. The molecule has 0 amide bonds. The monoisotopic (exact) mass is 232 g/mol. The summed E-state index contributed by atoms with van der Waals surface area (Å²) < 4.78 is 14.0. The molecule has 0 aromatic carbocycles. The molecule has 1 aromatic rings. The van der Waals surface area contributed by atoms with Gasteiger partial charge in [0, 0.05) is 14.1 Å². The molecule has 0 unspecified atom stereocenters. The second kappa shape index (κ2) is 3.39. The summed E-state index contributed by atoms with van der Waals surface area (Å²) in [5, 5.41) is 0. The Hall–Kier alpha value is -0.640. The van der Waals surface area contributed by atoms with Crippen LogP contribution in [0.2, 0.25) is 0 Å². The van der Waals surface area contributed by atoms with Crippen LogP contribution in [0.1, 0.15) is 5.69 Å². The van der Waals surface area contributed by atoms with Crippen molar-refractivity contribution in [3.8, 4) is 0 Å². The molecule has 0 atom stereocenters. The van der Waals surface area contributed by atoms with Crippen LogP contribution in [-0.2, 0) is 0 Å². The summed E-state index contributed by atoms with van der Waals surface area (Å²) in [6.07, 6.45) is 0. The van der Waals surface area contributed by atoms with Gasteiger partial charge in [0.05, 0.1) is 11.4 Å².